The molecule has 1 amide bonds. The average Bonchev–Trinajstić information content (AvgIpc) is 3.31. The highest BCUT2D eigenvalue weighted by atomic mass is 32.1. The Balaban J connectivity index is 1.57. The fourth-order valence-electron chi connectivity index (χ4n) is 2.58. The summed E-state index contributed by atoms with van der Waals surface area (Å²) in [4.78, 5) is 23.2. The third kappa shape index (κ3) is 3.52. The molecule has 0 saturated carbocycles. The zero-order valence-corrected chi connectivity index (χ0v) is 15.6. The van der Waals surface area contributed by atoms with Crippen molar-refractivity contribution in [1.82, 2.24) is 15.1 Å². The molecular weight excluding hydrogens is 364 g/mol. The second-order valence-corrected chi connectivity index (χ2v) is 6.85. The van der Waals surface area contributed by atoms with Crippen LogP contribution in [-0.2, 0) is 6.61 Å². The molecule has 0 N–H and O–H groups in total. The van der Waals surface area contributed by atoms with Gasteiger partial charge in [-0.05, 0) is 24.3 Å². The van der Waals surface area contributed by atoms with Gasteiger partial charge in [-0.1, -0.05) is 40.8 Å². The standard InChI is InChI=1S/C19H16N4O3S/c1-12-20-17(22-26-12)11-25-15-9-5-3-7-13(15)18(24)23(2)19-21-14-8-4-6-10-16(14)27-19/h3-10H,11H2,1-2H3. The zero-order chi connectivity index (χ0) is 18.8. The molecule has 2 aromatic carbocycles. The van der Waals surface area contributed by atoms with Crippen molar-refractivity contribution in [3.05, 3.63) is 65.8 Å². The molecule has 0 fully saturated rings. The van der Waals surface area contributed by atoms with Gasteiger partial charge in [-0.2, -0.15) is 4.98 Å². The molecule has 0 aliphatic rings. The predicted octanol–water partition coefficient (Wildman–Crippen LogP) is 3.84. The Bertz CT molecular complexity index is 1070. The third-order valence-electron chi connectivity index (χ3n) is 3.92. The Kier molecular flexibility index (Phi) is 4.55. The number of para-hydroxylation sites is 2. The van der Waals surface area contributed by atoms with Gasteiger partial charge in [-0.15, -0.1) is 0 Å². The summed E-state index contributed by atoms with van der Waals surface area (Å²) in [5.74, 6) is 1.15. The molecule has 2 heterocycles. The number of carbonyl (C=O) groups is 1. The quantitative estimate of drug-likeness (QED) is 0.523. The molecule has 136 valence electrons. The molecule has 0 aliphatic heterocycles. The van der Waals surface area contributed by atoms with Gasteiger partial charge < -0.3 is 9.26 Å². The van der Waals surface area contributed by atoms with Gasteiger partial charge in [0.2, 0.25) is 11.7 Å². The van der Waals surface area contributed by atoms with E-state index in [-0.39, 0.29) is 12.5 Å². The number of benzene rings is 2. The fraction of sp³-hybridized carbons (Fsp3) is 0.158. The van der Waals surface area contributed by atoms with E-state index in [0.717, 1.165) is 10.2 Å². The van der Waals surface area contributed by atoms with Crippen molar-refractivity contribution in [2.75, 3.05) is 11.9 Å². The van der Waals surface area contributed by atoms with Gasteiger partial charge in [0.1, 0.15) is 5.75 Å². The molecule has 8 heteroatoms. The molecule has 7 nitrogen and oxygen atoms in total. The van der Waals surface area contributed by atoms with Gasteiger partial charge in [0.15, 0.2) is 11.7 Å². The van der Waals surface area contributed by atoms with Crippen LogP contribution in [0.1, 0.15) is 22.1 Å². The Morgan fingerprint density at radius 3 is 2.70 bits per heavy atom. The van der Waals surface area contributed by atoms with Crippen LogP contribution in [0.4, 0.5) is 5.13 Å². The number of fused-ring (bicyclic) bond motifs is 1. The second kappa shape index (κ2) is 7.16. The van der Waals surface area contributed by atoms with Crippen LogP contribution in [-0.4, -0.2) is 28.1 Å². The molecule has 4 rings (SSSR count). The molecule has 0 bridgehead atoms. The summed E-state index contributed by atoms with van der Waals surface area (Å²) in [5, 5.41) is 4.43. The van der Waals surface area contributed by atoms with Crippen molar-refractivity contribution < 1.29 is 14.1 Å². The maximum absolute atomic E-state index is 13.0. The lowest BCUT2D eigenvalue weighted by Crippen LogP contribution is -2.26. The number of ether oxygens (including phenoxy) is 1. The van der Waals surface area contributed by atoms with Gasteiger partial charge in [0, 0.05) is 14.0 Å². The smallest absolute Gasteiger partial charge is 0.263 e. The number of aromatic nitrogens is 3. The van der Waals surface area contributed by atoms with Gasteiger partial charge in [-0.25, -0.2) is 4.98 Å². The average molecular weight is 380 g/mol. The normalized spacial score (nSPS) is 10.9. The first-order chi connectivity index (χ1) is 13.1. The number of rotatable bonds is 5. The maximum atomic E-state index is 13.0. The van der Waals surface area contributed by atoms with Crippen molar-refractivity contribution in [2.24, 2.45) is 0 Å². The topological polar surface area (TPSA) is 81.4 Å². The minimum Gasteiger partial charge on any atom is -0.485 e. The van der Waals surface area contributed by atoms with E-state index in [1.807, 2.05) is 30.3 Å². The monoisotopic (exact) mass is 380 g/mol. The van der Waals surface area contributed by atoms with E-state index in [1.165, 1.54) is 16.2 Å². The van der Waals surface area contributed by atoms with Crippen molar-refractivity contribution in [3.8, 4) is 5.75 Å². The molecule has 2 aromatic heterocycles. The zero-order valence-electron chi connectivity index (χ0n) is 14.7. The van der Waals surface area contributed by atoms with Crippen LogP contribution >= 0.6 is 11.3 Å². The Morgan fingerprint density at radius 1 is 1.15 bits per heavy atom. The summed E-state index contributed by atoms with van der Waals surface area (Å²) in [6, 6.07) is 14.9. The Morgan fingerprint density at radius 2 is 1.93 bits per heavy atom. The number of hydrogen-bond donors (Lipinski definition) is 0. The first-order valence-corrected chi connectivity index (χ1v) is 9.08. The summed E-state index contributed by atoms with van der Waals surface area (Å²) in [7, 11) is 1.71. The Labute approximate surface area is 159 Å². The molecule has 0 unspecified atom stereocenters. The van der Waals surface area contributed by atoms with Gasteiger partial charge >= 0.3 is 0 Å². The van der Waals surface area contributed by atoms with Gasteiger partial charge in [0.05, 0.1) is 15.8 Å². The Hall–Kier alpha value is -3.26. The van der Waals surface area contributed by atoms with Crippen LogP contribution in [0.3, 0.4) is 0 Å². The van der Waals surface area contributed by atoms with Crippen LogP contribution in [0.2, 0.25) is 0 Å². The minimum atomic E-state index is -0.200. The first-order valence-electron chi connectivity index (χ1n) is 8.26. The van der Waals surface area contributed by atoms with Crippen LogP contribution in [0, 0.1) is 6.92 Å². The lowest BCUT2D eigenvalue weighted by molar-refractivity contribution is 0.0988. The molecule has 0 radical (unpaired) electrons. The first kappa shape index (κ1) is 17.2. The minimum absolute atomic E-state index is 0.118. The van der Waals surface area contributed by atoms with Crippen LogP contribution in [0.5, 0.6) is 5.75 Å². The lowest BCUT2D eigenvalue weighted by atomic mass is 10.2. The van der Waals surface area contributed by atoms with Gasteiger partial charge in [-0.3, -0.25) is 9.69 Å². The largest absolute Gasteiger partial charge is 0.485 e. The van der Waals surface area contributed by atoms with E-state index < -0.39 is 0 Å². The lowest BCUT2D eigenvalue weighted by Gasteiger charge is -2.16. The maximum Gasteiger partial charge on any atom is 0.263 e. The number of aryl methyl sites for hydroxylation is 1. The van der Waals surface area contributed by atoms with Crippen LogP contribution < -0.4 is 9.64 Å². The highest BCUT2D eigenvalue weighted by Gasteiger charge is 2.21. The van der Waals surface area contributed by atoms with Crippen molar-refractivity contribution in [2.45, 2.75) is 13.5 Å². The van der Waals surface area contributed by atoms with E-state index in [0.29, 0.717) is 28.2 Å². The summed E-state index contributed by atoms with van der Waals surface area (Å²) in [6.45, 7) is 1.83. The molecule has 0 spiro atoms. The van der Waals surface area contributed by atoms with Crippen LogP contribution in [0.15, 0.2) is 53.1 Å². The summed E-state index contributed by atoms with van der Waals surface area (Å²) >= 11 is 1.47. The van der Waals surface area contributed by atoms with E-state index in [4.69, 9.17) is 9.26 Å². The molecule has 4 aromatic rings. The third-order valence-corrected chi connectivity index (χ3v) is 5.03. The number of nitrogens with zero attached hydrogens (tertiary/aromatic N) is 4. The van der Waals surface area contributed by atoms with E-state index in [9.17, 15) is 4.79 Å². The molecule has 27 heavy (non-hydrogen) atoms. The summed E-state index contributed by atoms with van der Waals surface area (Å²) in [5.41, 5.74) is 1.31. The van der Waals surface area contributed by atoms with Crippen molar-refractivity contribution in [3.63, 3.8) is 0 Å². The number of amides is 1. The van der Waals surface area contributed by atoms with E-state index in [1.54, 1.807) is 32.2 Å². The van der Waals surface area contributed by atoms with Crippen molar-refractivity contribution in [1.29, 1.82) is 0 Å². The van der Waals surface area contributed by atoms with E-state index in [2.05, 4.69) is 15.1 Å². The SMILES string of the molecule is Cc1nc(COc2ccccc2C(=O)N(C)c2nc3ccccc3s2)no1. The number of anilines is 1. The second-order valence-electron chi connectivity index (χ2n) is 5.84. The fourth-order valence-corrected chi connectivity index (χ4v) is 3.51. The number of hydrogen-bond acceptors (Lipinski definition) is 7. The molecular formula is C19H16N4O3S. The number of carbonyl (C=O) groups excluding carboxylic acids is 1. The molecule has 0 saturated heterocycles. The highest BCUT2D eigenvalue weighted by Crippen LogP contribution is 2.30. The molecule has 0 atom stereocenters. The molecule has 0 aliphatic carbocycles. The van der Waals surface area contributed by atoms with Crippen LogP contribution in [0.25, 0.3) is 10.2 Å². The highest BCUT2D eigenvalue weighted by molar-refractivity contribution is 7.22. The summed E-state index contributed by atoms with van der Waals surface area (Å²) in [6.07, 6.45) is 0. The van der Waals surface area contributed by atoms with Gasteiger partial charge in [0.25, 0.3) is 5.91 Å². The van der Waals surface area contributed by atoms with E-state index >= 15 is 0 Å². The summed E-state index contributed by atoms with van der Waals surface area (Å²) < 4.78 is 11.7. The van der Waals surface area contributed by atoms with Crippen molar-refractivity contribution >= 4 is 32.6 Å². The number of thiazole rings is 1. The predicted molar refractivity (Wildman–Crippen MR) is 102 cm³/mol.